The van der Waals surface area contributed by atoms with E-state index in [-0.39, 0.29) is 11.9 Å². The first-order chi connectivity index (χ1) is 11.7. The van der Waals surface area contributed by atoms with Gasteiger partial charge < -0.3 is 9.08 Å². The van der Waals surface area contributed by atoms with E-state index in [1.807, 2.05) is 23.1 Å². The molecule has 1 saturated carbocycles. The molecule has 0 saturated heterocycles. The lowest BCUT2D eigenvalue weighted by atomic mass is 9.88. The van der Waals surface area contributed by atoms with Crippen molar-refractivity contribution in [3.8, 4) is 0 Å². The minimum atomic E-state index is -0.163. The summed E-state index contributed by atoms with van der Waals surface area (Å²) in [5, 5.41) is 0. The highest BCUT2D eigenvalue weighted by atomic mass is 32.2. The van der Waals surface area contributed by atoms with Crippen LogP contribution in [0.2, 0.25) is 0 Å². The average Bonchev–Trinajstić information content (AvgIpc) is 2.80. The third kappa shape index (κ3) is 3.51. The van der Waals surface area contributed by atoms with Gasteiger partial charge >= 0.3 is 5.97 Å². The number of rotatable bonds is 7. The van der Waals surface area contributed by atoms with Crippen molar-refractivity contribution in [1.82, 2.24) is 4.90 Å². The maximum absolute atomic E-state index is 12.7. The van der Waals surface area contributed by atoms with Crippen molar-refractivity contribution in [2.24, 2.45) is 0 Å². The zero-order valence-corrected chi connectivity index (χ0v) is 14.9. The summed E-state index contributed by atoms with van der Waals surface area (Å²) in [7, 11) is 0. The molecule has 1 amide bonds. The largest absolute Gasteiger partial charge is 0.392 e. The molecule has 0 radical (unpaired) electrons. The smallest absolute Gasteiger partial charge is 0.317 e. The number of carbonyl (C=O) groups excluding carboxylic acids is 2. The standard InChI is InChI=1S/C19H23NO3S/c1-24-23-17(21)12-3-2-6-13-20-18(14-8-7-9-14)15-10-4-5-11-16(15)19(20)22/h4-5,10-11H,2-3,6-9,12-13H2,1H3. The van der Waals surface area contributed by atoms with Crippen LogP contribution in [-0.4, -0.2) is 29.6 Å². The van der Waals surface area contributed by atoms with Crippen LogP contribution < -0.4 is 0 Å². The summed E-state index contributed by atoms with van der Waals surface area (Å²) in [4.78, 5) is 26.0. The van der Waals surface area contributed by atoms with Crippen molar-refractivity contribution in [2.75, 3.05) is 12.8 Å². The normalized spacial score (nSPS) is 16.2. The number of allylic oxidation sites excluding steroid dienone is 1. The second-order valence-electron chi connectivity index (χ2n) is 6.24. The summed E-state index contributed by atoms with van der Waals surface area (Å²) in [5.74, 6) is -0.0359. The molecule has 0 bridgehead atoms. The number of nitrogens with zero attached hydrogens (tertiary/aromatic N) is 1. The highest BCUT2D eigenvalue weighted by molar-refractivity contribution is 7.94. The zero-order chi connectivity index (χ0) is 16.9. The van der Waals surface area contributed by atoms with Crippen LogP contribution in [0.25, 0.3) is 5.70 Å². The first-order valence-electron chi connectivity index (χ1n) is 8.59. The van der Waals surface area contributed by atoms with Gasteiger partial charge in [0.1, 0.15) is 0 Å². The van der Waals surface area contributed by atoms with Gasteiger partial charge in [0.2, 0.25) is 0 Å². The summed E-state index contributed by atoms with van der Waals surface area (Å²) < 4.78 is 4.86. The Labute approximate surface area is 147 Å². The average molecular weight is 345 g/mol. The molecule has 1 aromatic carbocycles. The molecule has 1 fully saturated rings. The summed E-state index contributed by atoms with van der Waals surface area (Å²) in [6.45, 7) is 0.726. The lowest BCUT2D eigenvalue weighted by Crippen LogP contribution is -2.26. The lowest BCUT2D eigenvalue weighted by molar-refractivity contribution is -0.133. The second-order valence-corrected chi connectivity index (χ2v) is 6.74. The molecule has 0 aromatic heterocycles. The van der Waals surface area contributed by atoms with E-state index in [4.69, 9.17) is 4.18 Å². The molecule has 4 nitrogen and oxygen atoms in total. The van der Waals surface area contributed by atoms with E-state index >= 15 is 0 Å². The number of fused-ring (bicyclic) bond motifs is 1. The molecule has 0 spiro atoms. The summed E-state index contributed by atoms with van der Waals surface area (Å²) in [5.41, 5.74) is 4.50. The molecule has 0 N–H and O–H groups in total. The van der Waals surface area contributed by atoms with Crippen LogP contribution in [0.4, 0.5) is 0 Å². The Balaban J connectivity index is 1.59. The quantitative estimate of drug-likeness (QED) is 0.542. The van der Waals surface area contributed by atoms with Gasteiger partial charge in [0, 0.05) is 30.3 Å². The van der Waals surface area contributed by atoms with E-state index < -0.39 is 0 Å². The Morgan fingerprint density at radius 1 is 1.17 bits per heavy atom. The Morgan fingerprint density at radius 2 is 1.92 bits per heavy atom. The summed E-state index contributed by atoms with van der Waals surface area (Å²) in [6.07, 6.45) is 8.26. The minimum Gasteiger partial charge on any atom is -0.392 e. The molecule has 1 aromatic rings. The molecular formula is C19H23NO3S. The van der Waals surface area contributed by atoms with Gasteiger partial charge in [-0.1, -0.05) is 24.6 Å². The van der Waals surface area contributed by atoms with Crippen LogP contribution in [0, 0.1) is 0 Å². The molecule has 24 heavy (non-hydrogen) atoms. The van der Waals surface area contributed by atoms with Crippen LogP contribution >= 0.6 is 12.0 Å². The van der Waals surface area contributed by atoms with Crippen LogP contribution in [0.3, 0.4) is 0 Å². The number of carbonyl (C=O) groups is 2. The van der Waals surface area contributed by atoms with Crippen molar-refractivity contribution < 1.29 is 13.8 Å². The predicted molar refractivity (Wildman–Crippen MR) is 96.3 cm³/mol. The summed E-state index contributed by atoms with van der Waals surface area (Å²) in [6, 6.07) is 7.93. The van der Waals surface area contributed by atoms with Gasteiger partial charge in [0.25, 0.3) is 5.91 Å². The fraction of sp³-hybridized carbons (Fsp3) is 0.474. The van der Waals surface area contributed by atoms with E-state index in [2.05, 4.69) is 6.07 Å². The van der Waals surface area contributed by atoms with Gasteiger partial charge in [-0.15, -0.1) is 0 Å². The van der Waals surface area contributed by atoms with Crippen LogP contribution in [0.5, 0.6) is 0 Å². The number of hydrogen-bond acceptors (Lipinski definition) is 4. The predicted octanol–water partition coefficient (Wildman–Crippen LogP) is 4.42. The molecule has 5 heteroatoms. The SMILES string of the molecule is CSOC(=O)CCCCCN1C(=O)c2ccccc2C1=C1CCC1. The summed E-state index contributed by atoms with van der Waals surface area (Å²) >= 11 is 1.09. The highest BCUT2D eigenvalue weighted by Crippen LogP contribution is 2.41. The van der Waals surface area contributed by atoms with Gasteiger partial charge in [-0.3, -0.25) is 9.59 Å². The van der Waals surface area contributed by atoms with E-state index in [1.165, 1.54) is 12.0 Å². The van der Waals surface area contributed by atoms with Gasteiger partial charge in [-0.25, -0.2) is 0 Å². The monoisotopic (exact) mass is 345 g/mol. The van der Waals surface area contributed by atoms with Crippen molar-refractivity contribution in [1.29, 1.82) is 0 Å². The highest BCUT2D eigenvalue weighted by Gasteiger charge is 2.34. The number of unbranched alkanes of at least 4 members (excludes halogenated alkanes) is 2. The Kier molecular flexibility index (Phi) is 5.61. The second kappa shape index (κ2) is 7.88. The van der Waals surface area contributed by atoms with Gasteiger partial charge in [-0.05, 0) is 43.7 Å². The van der Waals surface area contributed by atoms with E-state index in [9.17, 15) is 9.59 Å². The molecule has 1 aliphatic heterocycles. The molecule has 1 aliphatic carbocycles. The molecule has 1 heterocycles. The van der Waals surface area contributed by atoms with Crippen LogP contribution in [-0.2, 0) is 8.98 Å². The Hall–Kier alpha value is -1.75. The first kappa shape index (κ1) is 17.1. The van der Waals surface area contributed by atoms with Crippen molar-refractivity contribution >= 4 is 29.6 Å². The van der Waals surface area contributed by atoms with Crippen molar-refractivity contribution in [2.45, 2.75) is 44.9 Å². The Morgan fingerprint density at radius 3 is 2.58 bits per heavy atom. The van der Waals surface area contributed by atoms with Crippen molar-refractivity contribution in [3.63, 3.8) is 0 Å². The van der Waals surface area contributed by atoms with Gasteiger partial charge in [0.05, 0.1) is 17.7 Å². The third-order valence-corrected chi connectivity index (χ3v) is 5.01. The maximum atomic E-state index is 12.7. The number of hydrogen-bond donors (Lipinski definition) is 0. The van der Waals surface area contributed by atoms with Gasteiger partial charge in [0.15, 0.2) is 0 Å². The fourth-order valence-corrected chi connectivity index (χ4v) is 3.57. The zero-order valence-electron chi connectivity index (χ0n) is 14.0. The number of amides is 1. The molecular weight excluding hydrogens is 322 g/mol. The van der Waals surface area contributed by atoms with Gasteiger partial charge in [-0.2, -0.15) is 0 Å². The van der Waals surface area contributed by atoms with Crippen LogP contribution in [0.1, 0.15) is 60.9 Å². The van der Waals surface area contributed by atoms with E-state index in [0.29, 0.717) is 6.42 Å². The molecule has 0 unspecified atom stereocenters. The first-order valence-corrected chi connectivity index (χ1v) is 9.74. The van der Waals surface area contributed by atoms with Crippen molar-refractivity contribution in [3.05, 3.63) is 41.0 Å². The van der Waals surface area contributed by atoms with Crippen LogP contribution in [0.15, 0.2) is 29.8 Å². The Bertz CT molecular complexity index is 662. The minimum absolute atomic E-state index is 0.127. The third-order valence-electron chi connectivity index (χ3n) is 4.66. The molecule has 128 valence electrons. The molecule has 3 rings (SSSR count). The lowest BCUT2D eigenvalue weighted by Gasteiger charge is -2.26. The topological polar surface area (TPSA) is 46.6 Å². The maximum Gasteiger partial charge on any atom is 0.317 e. The molecule has 0 atom stereocenters. The van der Waals surface area contributed by atoms with E-state index in [1.54, 1.807) is 6.26 Å². The number of benzene rings is 1. The van der Waals surface area contributed by atoms with E-state index in [0.717, 1.165) is 67.5 Å². The fourth-order valence-electron chi connectivity index (χ4n) is 3.30. The molecule has 2 aliphatic rings.